The number of thiophene rings is 1. The van der Waals surface area contributed by atoms with Crippen molar-refractivity contribution in [1.29, 1.82) is 0 Å². The highest BCUT2D eigenvalue weighted by Gasteiger charge is 2.18. The molecule has 0 N–H and O–H groups in total. The second-order valence-electron chi connectivity index (χ2n) is 7.03. The zero-order valence-corrected chi connectivity index (χ0v) is 17.4. The largest absolute Gasteiger partial charge is 0.352 e. The van der Waals surface area contributed by atoms with Gasteiger partial charge in [-0.25, -0.2) is 13.9 Å². The predicted molar refractivity (Wildman–Crippen MR) is 120 cm³/mol. The van der Waals surface area contributed by atoms with E-state index in [0.717, 1.165) is 11.1 Å². The molecule has 30 heavy (non-hydrogen) atoms. The molecule has 0 spiro atoms. The highest BCUT2D eigenvalue weighted by molar-refractivity contribution is 7.17. The van der Waals surface area contributed by atoms with Crippen LogP contribution in [0, 0.1) is 0 Å². The van der Waals surface area contributed by atoms with E-state index in [4.69, 9.17) is 11.6 Å². The summed E-state index contributed by atoms with van der Waals surface area (Å²) in [6.07, 6.45) is 0.672. The maximum atomic E-state index is 13.2. The summed E-state index contributed by atoms with van der Waals surface area (Å²) in [5.41, 5.74) is 2.24. The Morgan fingerprint density at radius 3 is 2.47 bits per heavy atom. The number of fused-ring (bicyclic) bond motifs is 3. The molecule has 5 rings (SSSR count). The van der Waals surface area contributed by atoms with Crippen LogP contribution in [0.5, 0.6) is 0 Å². The third-order valence-electron chi connectivity index (χ3n) is 5.10. The zero-order valence-electron chi connectivity index (χ0n) is 15.9. The molecule has 150 valence electrons. The molecule has 0 aliphatic heterocycles. The van der Waals surface area contributed by atoms with E-state index < -0.39 is 0 Å². The Kier molecular flexibility index (Phi) is 4.77. The lowest BCUT2D eigenvalue weighted by molar-refractivity contribution is 0.645. The molecular formula is C22H17ClN4O2S. The van der Waals surface area contributed by atoms with Gasteiger partial charge in [-0.3, -0.25) is 9.36 Å². The van der Waals surface area contributed by atoms with Gasteiger partial charge in [-0.15, -0.1) is 16.4 Å². The smallest absolute Gasteiger partial charge is 0.275 e. The minimum Gasteiger partial charge on any atom is -0.275 e. The number of halogens is 1. The molecule has 0 bridgehead atoms. The first-order valence-corrected chi connectivity index (χ1v) is 10.8. The lowest BCUT2D eigenvalue weighted by atomic mass is 10.1. The lowest BCUT2D eigenvalue weighted by Crippen LogP contribution is -2.26. The van der Waals surface area contributed by atoms with Crippen molar-refractivity contribution in [2.45, 2.75) is 19.5 Å². The van der Waals surface area contributed by atoms with Crippen molar-refractivity contribution in [2.75, 3.05) is 0 Å². The summed E-state index contributed by atoms with van der Waals surface area (Å²) in [5, 5.41) is 7.00. The number of hydrogen-bond acceptors (Lipinski definition) is 4. The highest BCUT2D eigenvalue weighted by Crippen LogP contribution is 2.18. The van der Waals surface area contributed by atoms with Crippen LogP contribution >= 0.6 is 22.9 Å². The van der Waals surface area contributed by atoms with E-state index in [9.17, 15) is 9.59 Å². The van der Waals surface area contributed by atoms with Gasteiger partial charge in [0.05, 0.1) is 12.1 Å². The number of hydrogen-bond donors (Lipinski definition) is 0. The summed E-state index contributed by atoms with van der Waals surface area (Å²) < 4.78 is 5.09. The van der Waals surface area contributed by atoms with E-state index in [0.29, 0.717) is 40.5 Å². The summed E-state index contributed by atoms with van der Waals surface area (Å²) in [4.78, 5) is 26.3. The maximum Gasteiger partial charge on any atom is 0.352 e. The van der Waals surface area contributed by atoms with Crippen molar-refractivity contribution in [3.63, 3.8) is 0 Å². The number of aryl methyl sites for hydroxylation is 2. The van der Waals surface area contributed by atoms with Crippen LogP contribution in [0.2, 0.25) is 5.02 Å². The van der Waals surface area contributed by atoms with E-state index in [2.05, 4.69) is 5.10 Å². The van der Waals surface area contributed by atoms with Gasteiger partial charge in [0.2, 0.25) is 5.78 Å². The molecule has 2 aromatic carbocycles. The van der Waals surface area contributed by atoms with Crippen molar-refractivity contribution in [3.8, 4) is 0 Å². The van der Waals surface area contributed by atoms with Crippen molar-refractivity contribution in [2.24, 2.45) is 0 Å². The van der Waals surface area contributed by atoms with E-state index >= 15 is 0 Å². The molecule has 8 heteroatoms. The number of nitrogens with zero attached hydrogens (tertiary/aromatic N) is 4. The second-order valence-corrected chi connectivity index (χ2v) is 8.38. The van der Waals surface area contributed by atoms with Gasteiger partial charge in [0.25, 0.3) is 5.56 Å². The van der Waals surface area contributed by atoms with Gasteiger partial charge in [-0.05, 0) is 41.1 Å². The Hall–Kier alpha value is -3.16. The standard InChI is InChI=1S/C22H17ClN4O2S/c23-17-8-6-16(7-9-17)14-26-22(29)27-18-11-13-30-19(18)20(28)25(21(27)24-26)12-10-15-4-2-1-3-5-15/h1-9,11,13H,10,12,14H2. The highest BCUT2D eigenvalue weighted by atomic mass is 35.5. The van der Waals surface area contributed by atoms with Crippen molar-refractivity contribution in [3.05, 3.63) is 103 Å². The summed E-state index contributed by atoms with van der Waals surface area (Å²) in [6, 6.07) is 19.0. The minimum absolute atomic E-state index is 0.118. The molecule has 6 nitrogen and oxygen atoms in total. The summed E-state index contributed by atoms with van der Waals surface area (Å²) >= 11 is 7.30. The first-order valence-electron chi connectivity index (χ1n) is 9.50. The normalized spacial score (nSPS) is 11.5. The lowest BCUT2D eigenvalue weighted by Gasteiger charge is -2.08. The van der Waals surface area contributed by atoms with Crippen LogP contribution in [0.3, 0.4) is 0 Å². The van der Waals surface area contributed by atoms with E-state index in [1.165, 1.54) is 20.4 Å². The predicted octanol–water partition coefficient (Wildman–Crippen LogP) is 3.82. The molecule has 0 aliphatic rings. The van der Waals surface area contributed by atoms with Crippen LogP contribution in [0.1, 0.15) is 11.1 Å². The minimum atomic E-state index is -0.267. The Morgan fingerprint density at radius 2 is 1.70 bits per heavy atom. The molecule has 0 atom stereocenters. The summed E-state index contributed by atoms with van der Waals surface area (Å²) in [6.45, 7) is 0.744. The molecule has 0 saturated heterocycles. The van der Waals surface area contributed by atoms with Crippen molar-refractivity contribution >= 4 is 38.9 Å². The molecule has 5 aromatic rings. The van der Waals surface area contributed by atoms with Gasteiger partial charge in [-0.2, -0.15) is 0 Å². The average molecular weight is 437 g/mol. The molecule has 3 heterocycles. The Balaban J connectivity index is 1.64. The molecule has 0 saturated carbocycles. The number of benzene rings is 2. The fraction of sp³-hybridized carbons (Fsp3) is 0.136. The van der Waals surface area contributed by atoms with E-state index in [1.807, 2.05) is 47.8 Å². The third-order valence-corrected chi connectivity index (χ3v) is 6.24. The van der Waals surface area contributed by atoms with E-state index in [-0.39, 0.29) is 11.2 Å². The van der Waals surface area contributed by atoms with Crippen molar-refractivity contribution in [1.82, 2.24) is 18.7 Å². The van der Waals surface area contributed by atoms with Crippen LogP contribution in [0.15, 0.2) is 75.6 Å². The Morgan fingerprint density at radius 1 is 0.933 bits per heavy atom. The quantitative estimate of drug-likeness (QED) is 0.421. The number of rotatable bonds is 5. The molecule has 0 unspecified atom stereocenters. The Bertz CT molecular complexity index is 1460. The van der Waals surface area contributed by atoms with Crippen molar-refractivity contribution < 1.29 is 0 Å². The van der Waals surface area contributed by atoms with Crippen LogP contribution in [-0.4, -0.2) is 18.7 Å². The van der Waals surface area contributed by atoms with Crippen LogP contribution in [-0.2, 0) is 19.5 Å². The third kappa shape index (κ3) is 3.26. The van der Waals surface area contributed by atoms with Gasteiger partial charge >= 0.3 is 5.69 Å². The molecule has 0 amide bonds. The summed E-state index contributed by atoms with van der Waals surface area (Å²) in [7, 11) is 0. The zero-order chi connectivity index (χ0) is 20.7. The fourth-order valence-electron chi connectivity index (χ4n) is 3.59. The molecular weight excluding hydrogens is 420 g/mol. The average Bonchev–Trinajstić information content (AvgIpc) is 3.36. The topological polar surface area (TPSA) is 61.3 Å². The Labute approximate surface area is 180 Å². The monoisotopic (exact) mass is 436 g/mol. The maximum absolute atomic E-state index is 13.2. The van der Waals surface area contributed by atoms with Crippen LogP contribution in [0.4, 0.5) is 0 Å². The van der Waals surface area contributed by atoms with Gasteiger partial charge in [0.1, 0.15) is 4.70 Å². The molecule has 3 aromatic heterocycles. The molecule has 0 fully saturated rings. The van der Waals surface area contributed by atoms with Crippen LogP contribution < -0.4 is 11.2 Å². The second kappa shape index (κ2) is 7.59. The molecule has 0 radical (unpaired) electrons. The number of aromatic nitrogens is 4. The van der Waals surface area contributed by atoms with Gasteiger partial charge < -0.3 is 0 Å². The molecule has 0 aliphatic carbocycles. The van der Waals surface area contributed by atoms with Crippen LogP contribution in [0.25, 0.3) is 16.0 Å². The van der Waals surface area contributed by atoms with E-state index in [1.54, 1.807) is 22.8 Å². The fourth-order valence-corrected chi connectivity index (χ4v) is 4.54. The first-order chi connectivity index (χ1) is 14.6. The SMILES string of the molecule is O=c1c2sccc2n2c(=O)n(Cc3ccc(Cl)cc3)nc2n1CCc1ccccc1. The van der Waals surface area contributed by atoms with Gasteiger partial charge in [-0.1, -0.05) is 54.1 Å². The first kappa shape index (κ1) is 18.8. The van der Waals surface area contributed by atoms with Gasteiger partial charge in [0.15, 0.2) is 0 Å². The summed E-state index contributed by atoms with van der Waals surface area (Å²) in [5.74, 6) is 0.362. The van der Waals surface area contributed by atoms with Gasteiger partial charge in [0, 0.05) is 11.6 Å².